The summed E-state index contributed by atoms with van der Waals surface area (Å²) in [5.41, 5.74) is 6.69. The Balaban J connectivity index is 2.23. The highest BCUT2D eigenvalue weighted by atomic mass is 35.5. The largest absolute Gasteiger partial charge is 0.315 e. The van der Waals surface area contributed by atoms with Gasteiger partial charge in [-0.1, -0.05) is 41.9 Å². The molecule has 0 fully saturated rings. The number of halogens is 1. The van der Waals surface area contributed by atoms with E-state index in [1.165, 1.54) is 6.20 Å². The number of Topliss-reactive ketones (excluding diaryl/α,β-unsaturated/α-hetero) is 1. The molecular weight excluding hydrogens is 260 g/mol. The van der Waals surface area contributed by atoms with Crippen LogP contribution in [0, 0.1) is 0 Å². The fraction of sp³-hybridized carbons (Fsp3) is 0.200. The lowest BCUT2D eigenvalue weighted by molar-refractivity contribution is -0.123. The molecule has 0 spiro atoms. The minimum Gasteiger partial charge on any atom is -0.315 e. The molecule has 0 bridgehead atoms. The van der Waals surface area contributed by atoms with Crippen LogP contribution in [0.4, 0.5) is 0 Å². The maximum Gasteiger partial charge on any atom is 0.161 e. The number of nitrogens with zero attached hydrogens (tertiary/aromatic N) is 1. The molecule has 1 heterocycles. The van der Waals surface area contributed by atoms with E-state index in [-0.39, 0.29) is 12.2 Å². The van der Waals surface area contributed by atoms with Crippen molar-refractivity contribution in [1.82, 2.24) is 4.98 Å². The Morgan fingerprint density at radius 3 is 2.63 bits per heavy atom. The maximum atomic E-state index is 12.4. The van der Waals surface area contributed by atoms with E-state index in [1.54, 1.807) is 19.2 Å². The van der Waals surface area contributed by atoms with E-state index in [9.17, 15) is 4.79 Å². The summed E-state index contributed by atoms with van der Waals surface area (Å²) in [5.74, 6) is -0.0770. The van der Waals surface area contributed by atoms with Crippen LogP contribution in [0.2, 0.25) is 5.02 Å². The van der Waals surface area contributed by atoms with Gasteiger partial charge in [-0.25, -0.2) is 0 Å². The number of benzene rings is 1. The molecule has 4 heteroatoms. The zero-order valence-electron chi connectivity index (χ0n) is 10.6. The molecule has 0 aliphatic carbocycles. The summed E-state index contributed by atoms with van der Waals surface area (Å²) in [5, 5.41) is 0.486. The summed E-state index contributed by atoms with van der Waals surface area (Å²) >= 11 is 6.01. The van der Waals surface area contributed by atoms with E-state index in [0.717, 1.165) is 11.1 Å². The molecule has 2 N–H and O–H groups in total. The minimum atomic E-state index is -1.02. The average Bonchev–Trinajstić information content (AvgIpc) is 2.42. The topological polar surface area (TPSA) is 56.0 Å². The molecule has 0 aliphatic heterocycles. The Labute approximate surface area is 117 Å². The van der Waals surface area contributed by atoms with Gasteiger partial charge in [-0.2, -0.15) is 0 Å². The van der Waals surface area contributed by atoms with Crippen molar-refractivity contribution in [3.8, 4) is 0 Å². The van der Waals surface area contributed by atoms with Crippen LogP contribution < -0.4 is 5.73 Å². The van der Waals surface area contributed by atoms with E-state index >= 15 is 0 Å². The second-order valence-corrected chi connectivity index (χ2v) is 5.04. The first-order chi connectivity index (χ1) is 9.01. The normalized spacial score (nSPS) is 13.8. The number of carbonyl (C=O) groups excluding carboxylic acids is 1. The van der Waals surface area contributed by atoms with E-state index in [4.69, 9.17) is 17.3 Å². The zero-order valence-corrected chi connectivity index (χ0v) is 11.4. The number of carbonyl (C=O) groups is 1. The molecule has 1 atom stereocenters. The van der Waals surface area contributed by atoms with Crippen LogP contribution >= 0.6 is 11.6 Å². The first-order valence-corrected chi connectivity index (χ1v) is 6.35. The lowest BCUT2D eigenvalue weighted by atomic mass is 9.86. The monoisotopic (exact) mass is 274 g/mol. The first kappa shape index (κ1) is 13.7. The van der Waals surface area contributed by atoms with Crippen molar-refractivity contribution in [2.75, 3.05) is 0 Å². The molecular formula is C15H15ClN2O. The fourth-order valence-corrected chi connectivity index (χ4v) is 2.04. The van der Waals surface area contributed by atoms with Crippen LogP contribution in [0.3, 0.4) is 0 Å². The Morgan fingerprint density at radius 2 is 2.00 bits per heavy atom. The van der Waals surface area contributed by atoms with E-state index in [1.807, 2.05) is 30.3 Å². The van der Waals surface area contributed by atoms with Crippen LogP contribution in [0.25, 0.3) is 0 Å². The summed E-state index contributed by atoms with van der Waals surface area (Å²) < 4.78 is 0. The SMILES string of the molecule is CC(N)(C(=O)Cc1ccncc1Cl)c1ccccc1. The number of ketones is 1. The van der Waals surface area contributed by atoms with Gasteiger partial charge in [-0.15, -0.1) is 0 Å². The highest BCUT2D eigenvalue weighted by Crippen LogP contribution is 2.22. The summed E-state index contributed by atoms with van der Waals surface area (Å²) in [7, 11) is 0. The van der Waals surface area contributed by atoms with Gasteiger partial charge in [0.1, 0.15) is 0 Å². The predicted molar refractivity (Wildman–Crippen MR) is 75.9 cm³/mol. The maximum absolute atomic E-state index is 12.4. The number of nitrogens with two attached hydrogens (primary N) is 1. The third-order valence-electron chi connectivity index (χ3n) is 3.16. The molecule has 1 aromatic carbocycles. The summed E-state index contributed by atoms with van der Waals surface area (Å²) in [6.45, 7) is 1.72. The van der Waals surface area contributed by atoms with E-state index in [0.29, 0.717) is 5.02 Å². The first-order valence-electron chi connectivity index (χ1n) is 5.98. The second-order valence-electron chi connectivity index (χ2n) is 4.64. The Hall–Kier alpha value is -1.71. The standard InChI is InChI=1S/C15H15ClN2O/c1-15(17,12-5-3-2-4-6-12)14(19)9-11-7-8-18-10-13(11)16/h2-8,10H,9,17H2,1H3. The molecule has 0 radical (unpaired) electrons. The Kier molecular flexibility index (Phi) is 3.98. The molecule has 0 saturated heterocycles. The van der Waals surface area contributed by atoms with Gasteiger partial charge in [0.15, 0.2) is 5.78 Å². The van der Waals surface area contributed by atoms with Crippen molar-refractivity contribution in [2.45, 2.75) is 18.9 Å². The summed E-state index contributed by atoms with van der Waals surface area (Å²) in [6, 6.07) is 11.1. The van der Waals surface area contributed by atoms with Crippen molar-refractivity contribution >= 4 is 17.4 Å². The molecule has 0 amide bonds. The van der Waals surface area contributed by atoms with Crippen LogP contribution in [0.5, 0.6) is 0 Å². The van der Waals surface area contributed by atoms with Gasteiger partial charge in [-0.05, 0) is 24.1 Å². The highest BCUT2D eigenvalue weighted by molar-refractivity contribution is 6.31. The smallest absolute Gasteiger partial charge is 0.161 e. The summed E-state index contributed by atoms with van der Waals surface area (Å²) in [4.78, 5) is 16.3. The van der Waals surface area contributed by atoms with Gasteiger partial charge in [0, 0.05) is 18.8 Å². The fourth-order valence-electron chi connectivity index (χ4n) is 1.85. The van der Waals surface area contributed by atoms with Crippen molar-refractivity contribution < 1.29 is 4.79 Å². The quantitative estimate of drug-likeness (QED) is 0.933. The molecule has 0 aliphatic rings. The molecule has 98 valence electrons. The van der Waals surface area contributed by atoms with Crippen molar-refractivity contribution in [1.29, 1.82) is 0 Å². The third-order valence-corrected chi connectivity index (χ3v) is 3.50. The van der Waals surface area contributed by atoms with Crippen molar-refractivity contribution in [2.24, 2.45) is 5.73 Å². The summed E-state index contributed by atoms with van der Waals surface area (Å²) in [6.07, 6.45) is 3.34. The molecule has 2 rings (SSSR count). The van der Waals surface area contributed by atoms with Gasteiger partial charge in [-0.3, -0.25) is 9.78 Å². The molecule has 1 unspecified atom stereocenters. The average molecular weight is 275 g/mol. The molecule has 1 aromatic heterocycles. The Bertz CT molecular complexity index is 582. The Morgan fingerprint density at radius 1 is 1.32 bits per heavy atom. The van der Waals surface area contributed by atoms with E-state index < -0.39 is 5.54 Å². The third kappa shape index (κ3) is 3.00. The lowest BCUT2D eigenvalue weighted by Crippen LogP contribution is -2.42. The van der Waals surface area contributed by atoms with Gasteiger partial charge < -0.3 is 5.73 Å². The van der Waals surface area contributed by atoms with Gasteiger partial charge >= 0.3 is 0 Å². The number of rotatable bonds is 4. The van der Waals surface area contributed by atoms with Gasteiger partial charge in [0.05, 0.1) is 10.6 Å². The molecule has 19 heavy (non-hydrogen) atoms. The molecule has 0 saturated carbocycles. The molecule has 3 nitrogen and oxygen atoms in total. The minimum absolute atomic E-state index is 0.0770. The highest BCUT2D eigenvalue weighted by Gasteiger charge is 2.30. The lowest BCUT2D eigenvalue weighted by Gasteiger charge is -2.23. The number of hydrogen-bond donors (Lipinski definition) is 1. The predicted octanol–water partition coefficient (Wildman–Crippen LogP) is 2.72. The molecule has 2 aromatic rings. The van der Waals surface area contributed by atoms with Crippen LogP contribution in [0.1, 0.15) is 18.1 Å². The van der Waals surface area contributed by atoms with Crippen molar-refractivity contribution in [3.05, 3.63) is 64.9 Å². The number of hydrogen-bond acceptors (Lipinski definition) is 3. The number of aromatic nitrogens is 1. The van der Waals surface area contributed by atoms with Crippen LogP contribution in [0.15, 0.2) is 48.8 Å². The van der Waals surface area contributed by atoms with E-state index in [2.05, 4.69) is 4.98 Å². The van der Waals surface area contributed by atoms with Crippen molar-refractivity contribution in [3.63, 3.8) is 0 Å². The second kappa shape index (κ2) is 5.51. The van der Waals surface area contributed by atoms with Crippen LogP contribution in [-0.2, 0) is 16.8 Å². The zero-order chi connectivity index (χ0) is 13.9. The van der Waals surface area contributed by atoms with Gasteiger partial charge in [0.2, 0.25) is 0 Å². The van der Waals surface area contributed by atoms with Gasteiger partial charge in [0.25, 0.3) is 0 Å². The number of pyridine rings is 1. The van der Waals surface area contributed by atoms with Crippen LogP contribution in [-0.4, -0.2) is 10.8 Å².